The summed E-state index contributed by atoms with van der Waals surface area (Å²) in [6.07, 6.45) is 0. The van der Waals surface area contributed by atoms with E-state index in [0.717, 1.165) is 70.9 Å². The molecular formula is C53H34N2OS. The molecule has 11 aromatic rings. The molecule has 0 radical (unpaired) electrons. The monoisotopic (exact) mass is 746 g/mol. The van der Waals surface area contributed by atoms with E-state index in [1.807, 2.05) is 6.07 Å². The van der Waals surface area contributed by atoms with Crippen molar-refractivity contribution in [2.24, 2.45) is 0 Å². The molecule has 2 aromatic heterocycles. The predicted molar refractivity (Wildman–Crippen MR) is 241 cm³/mol. The Labute approximate surface area is 334 Å². The Morgan fingerprint density at radius 1 is 0.386 bits per heavy atom. The maximum absolute atomic E-state index is 6.39. The summed E-state index contributed by atoms with van der Waals surface area (Å²) >= 11 is 1.72. The SMILES string of the molecule is c1ccc(-c2ccc(N(c3ccc(-c4ccc5oc6cc7nc(-c8ccccc8)sc7cc6c5c4)cc3)c3cc(-c4ccccc4)cc4ccccc34)cc2)cc1. The van der Waals surface area contributed by atoms with E-state index in [-0.39, 0.29) is 0 Å². The second kappa shape index (κ2) is 13.8. The number of hydrogen-bond acceptors (Lipinski definition) is 4. The Bertz CT molecular complexity index is 3210. The normalized spacial score (nSPS) is 11.5. The van der Waals surface area contributed by atoms with E-state index in [0.29, 0.717) is 0 Å². The molecule has 0 N–H and O–H groups in total. The van der Waals surface area contributed by atoms with Crippen LogP contribution >= 0.6 is 11.3 Å². The lowest BCUT2D eigenvalue weighted by molar-refractivity contribution is 0.669. The highest BCUT2D eigenvalue weighted by Crippen LogP contribution is 2.43. The summed E-state index contributed by atoms with van der Waals surface area (Å²) in [6, 6.07) is 73.6. The van der Waals surface area contributed by atoms with Crippen LogP contribution in [0.25, 0.3) is 86.9 Å². The van der Waals surface area contributed by atoms with E-state index in [1.165, 1.54) is 33.0 Å². The van der Waals surface area contributed by atoms with Gasteiger partial charge in [0.05, 0.1) is 15.9 Å². The number of aromatic nitrogens is 1. The van der Waals surface area contributed by atoms with Crippen molar-refractivity contribution in [2.45, 2.75) is 0 Å². The summed E-state index contributed by atoms with van der Waals surface area (Å²) in [7, 11) is 0. The van der Waals surface area contributed by atoms with Crippen molar-refractivity contribution >= 4 is 71.3 Å². The number of anilines is 3. The molecule has 0 saturated heterocycles. The zero-order valence-corrected chi connectivity index (χ0v) is 31.7. The molecular weight excluding hydrogens is 713 g/mol. The highest BCUT2D eigenvalue weighted by molar-refractivity contribution is 7.21. The smallest absolute Gasteiger partial charge is 0.137 e. The van der Waals surface area contributed by atoms with Gasteiger partial charge in [-0.1, -0.05) is 146 Å². The third-order valence-electron chi connectivity index (χ3n) is 10.9. The summed E-state index contributed by atoms with van der Waals surface area (Å²) in [5.74, 6) is 0. The van der Waals surface area contributed by atoms with E-state index in [9.17, 15) is 0 Å². The Morgan fingerprint density at radius 3 is 1.61 bits per heavy atom. The van der Waals surface area contributed by atoms with Gasteiger partial charge < -0.3 is 9.32 Å². The summed E-state index contributed by atoms with van der Waals surface area (Å²) in [5.41, 5.74) is 14.2. The molecule has 0 aliphatic rings. The van der Waals surface area contributed by atoms with E-state index < -0.39 is 0 Å². The minimum Gasteiger partial charge on any atom is -0.456 e. The van der Waals surface area contributed by atoms with E-state index in [4.69, 9.17) is 9.40 Å². The summed E-state index contributed by atoms with van der Waals surface area (Å²) in [6.45, 7) is 0. The quantitative estimate of drug-likeness (QED) is 0.163. The van der Waals surface area contributed by atoms with Gasteiger partial charge >= 0.3 is 0 Å². The third kappa shape index (κ3) is 6.04. The van der Waals surface area contributed by atoms with Gasteiger partial charge in [-0.15, -0.1) is 11.3 Å². The molecule has 0 bridgehead atoms. The van der Waals surface area contributed by atoms with Crippen molar-refractivity contribution in [3.05, 3.63) is 206 Å². The highest BCUT2D eigenvalue weighted by atomic mass is 32.1. The van der Waals surface area contributed by atoms with Gasteiger partial charge in [0, 0.05) is 39.2 Å². The van der Waals surface area contributed by atoms with Crippen LogP contribution in [0.5, 0.6) is 0 Å². The highest BCUT2D eigenvalue weighted by Gasteiger charge is 2.19. The largest absolute Gasteiger partial charge is 0.456 e. The molecule has 2 heterocycles. The number of fused-ring (bicyclic) bond motifs is 5. The number of nitrogens with zero attached hydrogens (tertiary/aromatic N) is 2. The van der Waals surface area contributed by atoms with Gasteiger partial charge in [-0.05, 0) is 93.4 Å². The van der Waals surface area contributed by atoms with Gasteiger partial charge in [-0.25, -0.2) is 4.98 Å². The molecule has 0 aliphatic heterocycles. The molecule has 268 valence electrons. The van der Waals surface area contributed by atoms with Gasteiger partial charge in [0.15, 0.2) is 0 Å². The van der Waals surface area contributed by atoms with E-state index in [2.05, 4.69) is 205 Å². The number of furan rings is 1. The maximum atomic E-state index is 6.39. The molecule has 3 nitrogen and oxygen atoms in total. The molecule has 57 heavy (non-hydrogen) atoms. The Balaban J connectivity index is 1.01. The molecule has 0 amide bonds. The number of rotatable bonds is 7. The van der Waals surface area contributed by atoms with Crippen molar-refractivity contribution in [1.29, 1.82) is 0 Å². The fourth-order valence-electron chi connectivity index (χ4n) is 8.02. The van der Waals surface area contributed by atoms with Gasteiger partial charge in [-0.3, -0.25) is 0 Å². The van der Waals surface area contributed by atoms with Crippen LogP contribution in [0.15, 0.2) is 211 Å². The minimum atomic E-state index is 0.855. The number of hydrogen-bond donors (Lipinski definition) is 0. The molecule has 4 heteroatoms. The first-order valence-electron chi connectivity index (χ1n) is 19.2. The van der Waals surface area contributed by atoms with Crippen LogP contribution < -0.4 is 4.90 Å². The molecule has 0 aliphatic carbocycles. The third-order valence-corrected chi connectivity index (χ3v) is 11.9. The molecule has 0 unspecified atom stereocenters. The van der Waals surface area contributed by atoms with Crippen molar-refractivity contribution in [2.75, 3.05) is 4.90 Å². The first-order valence-corrected chi connectivity index (χ1v) is 20.0. The van der Waals surface area contributed by atoms with Crippen molar-refractivity contribution in [1.82, 2.24) is 4.98 Å². The summed E-state index contributed by atoms with van der Waals surface area (Å²) in [5, 5.41) is 5.62. The van der Waals surface area contributed by atoms with Crippen LogP contribution in [0.1, 0.15) is 0 Å². The van der Waals surface area contributed by atoms with Crippen LogP contribution in [0.4, 0.5) is 17.1 Å². The van der Waals surface area contributed by atoms with Gasteiger partial charge in [0.25, 0.3) is 0 Å². The average molecular weight is 747 g/mol. The Kier molecular flexibility index (Phi) is 8.01. The second-order valence-corrected chi connectivity index (χ2v) is 15.4. The molecule has 0 fully saturated rings. The topological polar surface area (TPSA) is 29.3 Å². The Hall–Kier alpha value is -7.27. The Morgan fingerprint density at radius 2 is 0.930 bits per heavy atom. The lowest BCUT2D eigenvalue weighted by atomic mass is 9.98. The molecule has 0 saturated carbocycles. The summed E-state index contributed by atoms with van der Waals surface area (Å²) in [4.78, 5) is 7.34. The van der Waals surface area contributed by atoms with Gasteiger partial charge in [-0.2, -0.15) is 0 Å². The standard InChI is InChI=1S/C53H34N2OS/c1-4-12-35(13-5-1)37-20-25-43(26-21-37)55(49-32-42(36-14-6-2-7-15-36)30-41-18-10-11-19-45(41)49)44-27-22-38(23-28-44)40-24-29-50-46(31-40)47-33-52-48(34-51(47)56-50)54-53(57-52)39-16-8-3-9-17-39/h1-34H. The lowest BCUT2D eigenvalue weighted by Crippen LogP contribution is -2.10. The fourth-order valence-corrected chi connectivity index (χ4v) is 9.01. The first kappa shape index (κ1) is 33.1. The van der Waals surface area contributed by atoms with Crippen LogP contribution in [0.2, 0.25) is 0 Å². The fraction of sp³-hybridized carbons (Fsp3) is 0. The number of thiazole rings is 1. The van der Waals surface area contributed by atoms with Crippen LogP contribution in [-0.2, 0) is 0 Å². The van der Waals surface area contributed by atoms with E-state index in [1.54, 1.807) is 11.3 Å². The zero-order chi connectivity index (χ0) is 37.7. The van der Waals surface area contributed by atoms with Crippen LogP contribution in [0.3, 0.4) is 0 Å². The van der Waals surface area contributed by atoms with Crippen LogP contribution in [-0.4, -0.2) is 4.98 Å². The van der Waals surface area contributed by atoms with Gasteiger partial charge in [0.2, 0.25) is 0 Å². The van der Waals surface area contributed by atoms with Crippen LogP contribution in [0, 0.1) is 0 Å². The first-order chi connectivity index (χ1) is 28.2. The molecule has 0 spiro atoms. The predicted octanol–water partition coefficient (Wildman–Crippen LogP) is 15.5. The van der Waals surface area contributed by atoms with Crippen molar-refractivity contribution < 1.29 is 4.42 Å². The second-order valence-electron chi connectivity index (χ2n) is 14.4. The molecule has 0 atom stereocenters. The number of benzene rings is 9. The average Bonchev–Trinajstić information content (AvgIpc) is 3.87. The van der Waals surface area contributed by atoms with Gasteiger partial charge in [0.1, 0.15) is 16.2 Å². The molecule has 11 rings (SSSR count). The van der Waals surface area contributed by atoms with E-state index >= 15 is 0 Å². The molecule has 9 aromatic carbocycles. The maximum Gasteiger partial charge on any atom is 0.137 e. The van der Waals surface area contributed by atoms with Crippen molar-refractivity contribution in [3.8, 4) is 44.0 Å². The van der Waals surface area contributed by atoms with Crippen molar-refractivity contribution in [3.63, 3.8) is 0 Å². The zero-order valence-electron chi connectivity index (χ0n) is 30.8. The summed E-state index contributed by atoms with van der Waals surface area (Å²) < 4.78 is 7.54. The minimum absolute atomic E-state index is 0.855. The lowest BCUT2D eigenvalue weighted by Gasteiger charge is -2.28.